The lowest BCUT2D eigenvalue weighted by molar-refractivity contribution is 0.203. The molecule has 3 heterocycles. The van der Waals surface area contributed by atoms with E-state index in [-0.39, 0.29) is 0 Å². The molecule has 0 atom stereocenters. The van der Waals surface area contributed by atoms with E-state index >= 15 is 0 Å². The number of piperidine rings is 1. The largest absolute Gasteiger partial charge is 0.355 e. The van der Waals surface area contributed by atoms with E-state index < -0.39 is 11.6 Å². The lowest BCUT2D eigenvalue weighted by Crippen LogP contribution is -2.43. The highest BCUT2D eigenvalue weighted by Gasteiger charge is 2.25. The molecule has 1 fully saturated rings. The van der Waals surface area contributed by atoms with E-state index in [0.717, 1.165) is 47.4 Å². The van der Waals surface area contributed by atoms with Crippen LogP contribution >= 0.6 is 15.9 Å². The fourth-order valence-electron chi connectivity index (χ4n) is 3.69. The van der Waals surface area contributed by atoms with Crippen LogP contribution in [0.3, 0.4) is 0 Å². The van der Waals surface area contributed by atoms with Crippen molar-refractivity contribution < 1.29 is 8.78 Å². The monoisotopic (exact) mass is 435 g/mol. The number of benzene rings is 1. The molecule has 0 spiro atoms. The predicted octanol–water partition coefficient (Wildman–Crippen LogP) is 3.87. The fourth-order valence-corrected chi connectivity index (χ4v) is 4.11. The second-order valence-corrected chi connectivity index (χ2v) is 7.72. The average Bonchev–Trinajstić information content (AvgIpc) is 3.06. The summed E-state index contributed by atoms with van der Waals surface area (Å²) in [5.41, 5.74) is 1.77. The Kier molecular flexibility index (Phi) is 5.10. The number of anilines is 1. The van der Waals surface area contributed by atoms with Gasteiger partial charge in [0.2, 0.25) is 0 Å². The summed E-state index contributed by atoms with van der Waals surface area (Å²) < 4.78 is 29.2. The van der Waals surface area contributed by atoms with Gasteiger partial charge in [-0.15, -0.1) is 0 Å². The molecule has 2 aromatic heterocycles. The van der Waals surface area contributed by atoms with Crippen LogP contribution in [0.5, 0.6) is 0 Å². The summed E-state index contributed by atoms with van der Waals surface area (Å²) in [5, 5.41) is 4.27. The third-order valence-electron chi connectivity index (χ3n) is 5.21. The number of fused-ring (bicyclic) bond motifs is 1. The SMILES string of the molecule is CN(c1ncnn2c(Br)ccc12)C1CCN(Cc2ccc(F)c(F)c2)CC1. The van der Waals surface area contributed by atoms with E-state index in [9.17, 15) is 8.78 Å². The molecule has 1 aliphatic heterocycles. The van der Waals surface area contributed by atoms with Crippen molar-refractivity contribution >= 4 is 27.3 Å². The first-order valence-corrected chi connectivity index (χ1v) is 9.69. The van der Waals surface area contributed by atoms with Crippen molar-refractivity contribution in [2.24, 2.45) is 0 Å². The first kappa shape index (κ1) is 18.3. The number of hydrogen-bond donors (Lipinski definition) is 0. The van der Waals surface area contributed by atoms with Crippen LogP contribution in [-0.4, -0.2) is 45.7 Å². The van der Waals surface area contributed by atoms with Crippen molar-refractivity contribution in [3.05, 3.63) is 58.5 Å². The second kappa shape index (κ2) is 7.52. The topological polar surface area (TPSA) is 36.7 Å². The van der Waals surface area contributed by atoms with E-state index in [1.807, 2.05) is 16.6 Å². The van der Waals surface area contributed by atoms with Crippen LogP contribution in [0.4, 0.5) is 14.6 Å². The average molecular weight is 436 g/mol. The summed E-state index contributed by atoms with van der Waals surface area (Å²) in [5.74, 6) is -0.671. The lowest BCUT2D eigenvalue weighted by Gasteiger charge is -2.37. The van der Waals surface area contributed by atoms with Gasteiger partial charge in [-0.3, -0.25) is 4.90 Å². The van der Waals surface area contributed by atoms with Gasteiger partial charge in [0.05, 0.1) is 0 Å². The Hall–Kier alpha value is -2.06. The Morgan fingerprint density at radius 1 is 1.15 bits per heavy atom. The van der Waals surface area contributed by atoms with Crippen molar-refractivity contribution in [3.8, 4) is 0 Å². The van der Waals surface area contributed by atoms with Gasteiger partial charge in [-0.2, -0.15) is 5.10 Å². The standard InChI is InChI=1S/C19H20BrF2N5/c1-25(19-17-4-5-18(20)27(17)24-12-23-19)14-6-8-26(9-7-14)11-13-2-3-15(21)16(22)10-13/h2-5,10,12,14H,6-9,11H2,1H3. The normalized spacial score (nSPS) is 16.1. The zero-order valence-electron chi connectivity index (χ0n) is 14.9. The Labute approximate surface area is 164 Å². The maximum atomic E-state index is 13.4. The van der Waals surface area contributed by atoms with Gasteiger partial charge in [0.15, 0.2) is 17.5 Å². The minimum absolute atomic E-state index is 0.374. The van der Waals surface area contributed by atoms with Crippen LogP contribution in [0.1, 0.15) is 18.4 Å². The van der Waals surface area contributed by atoms with Gasteiger partial charge in [-0.1, -0.05) is 6.07 Å². The maximum absolute atomic E-state index is 13.4. The number of hydrogen-bond acceptors (Lipinski definition) is 4. The molecular weight excluding hydrogens is 416 g/mol. The summed E-state index contributed by atoms with van der Waals surface area (Å²) in [6.07, 6.45) is 3.54. The number of likely N-dealkylation sites (tertiary alicyclic amines) is 1. The highest BCUT2D eigenvalue weighted by Crippen LogP contribution is 2.27. The highest BCUT2D eigenvalue weighted by molar-refractivity contribution is 9.10. The van der Waals surface area contributed by atoms with E-state index in [0.29, 0.717) is 12.6 Å². The molecule has 0 amide bonds. The number of halogens is 3. The summed E-state index contributed by atoms with van der Waals surface area (Å²) in [6.45, 7) is 2.44. The van der Waals surface area contributed by atoms with E-state index in [2.05, 4.69) is 42.9 Å². The predicted molar refractivity (Wildman–Crippen MR) is 104 cm³/mol. The summed E-state index contributed by atoms with van der Waals surface area (Å²) >= 11 is 3.49. The third-order valence-corrected chi connectivity index (χ3v) is 5.81. The highest BCUT2D eigenvalue weighted by atomic mass is 79.9. The molecule has 4 rings (SSSR count). The van der Waals surface area contributed by atoms with Crippen molar-refractivity contribution in [1.29, 1.82) is 0 Å². The zero-order chi connectivity index (χ0) is 19.0. The van der Waals surface area contributed by atoms with Crippen LogP contribution in [-0.2, 0) is 6.54 Å². The molecule has 0 N–H and O–H groups in total. The van der Waals surface area contributed by atoms with Gasteiger partial charge in [-0.05, 0) is 58.6 Å². The zero-order valence-corrected chi connectivity index (χ0v) is 16.5. The Balaban J connectivity index is 1.41. The van der Waals surface area contributed by atoms with Crippen molar-refractivity contribution in [2.45, 2.75) is 25.4 Å². The maximum Gasteiger partial charge on any atom is 0.159 e. The first-order chi connectivity index (χ1) is 13.0. The Morgan fingerprint density at radius 3 is 2.67 bits per heavy atom. The van der Waals surface area contributed by atoms with Gasteiger partial charge < -0.3 is 4.90 Å². The summed E-state index contributed by atoms with van der Waals surface area (Å²) in [6, 6.07) is 8.48. The molecule has 0 radical (unpaired) electrons. The lowest BCUT2D eigenvalue weighted by atomic mass is 10.0. The molecular formula is C19H20BrF2N5. The van der Waals surface area contributed by atoms with Gasteiger partial charge in [0.1, 0.15) is 16.4 Å². The van der Waals surface area contributed by atoms with E-state index in [1.54, 1.807) is 12.4 Å². The first-order valence-electron chi connectivity index (χ1n) is 8.90. The van der Waals surface area contributed by atoms with E-state index in [1.165, 1.54) is 12.1 Å². The van der Waals surface area contributed by atoms with Crippen LogP contribution in [0.15, 0.2) is 41.3 Å². The smallest absolute Gasteiger partial charge is 0.159 e. The quantitative estimate of drug-likeness (QED) is 0.623. The molecule has 0 unspecified atom stereocenters. The molecule has 0 saturated carbocycles. The minimum Gasteiger partial charge on any atom is -0.355 e. The molecule has 0 aliphatic carbocycles. The van der Waals surface area contributed by atoms with Crippen molar-refractivity contribution in [3.63, 3.8) is 0 Å². The van der Waals surface area contributed by atoms with Gasteiger partial charge >= 0.3 is 0 Å². The number of aromatic nitrogens is 3. The summed E-state index contributed by atoms with van der Waals surface area (Å²) in [7, 11) is 2.07. The second-order valence-electron chi connectivity index (χ2n) is 6.90. The molecule has 27 heavy (non-hydrogen) atoms. The summed E-state index contributed by atoms with van der Waals surface area (Å²) in [4.78, 5) is 8.98. The van der Waals surface area contributed by atoms with Crippen LogP contribution in [0, 0.1) is 11.6 Å². The molecule has 1 aliphatic rings. The Morgan fingerprint density at radius 2 is 1.93 bits per heavy atom. The fraction of sp³-hybridized carbons (Fsp3) is 0.368. The van der Waals surface area contributed by atoms with Crippen LogP contribution in [0.2, 0.25) is 0 Å². The number of nitrogens with zero attached hydrogens (tertiary/aromatic N) is 5. The van der Waals surface area contributed by atoms with Crippen LogP contribution < -0.4 is 4.90 Å². The minimum atomic E-state index is -0.799. The van der Waals surface area contributed by atoms with Crippen molar-refractivity contribution in [2.75, 3.05) is 25.0 Å². The molecule has 8 heteroatoms. The number of rotatable bonds is 4. The third kappa shape index (κ3) is 3.68. The molecule has 142 valence electrons. The molecule has 5 nitrogen and oxygen atoms in total. The molecule has 1 saturated heterocycles. The van der Waals surface area contributed by atoms with Gasteiger partial charge in [0.25, 0.3) is 0 Å². The van der Waals surface area contributed by atoms with E-state index in [4.69, 9.17) is 0 Å². The molecule has 0 bridgehead atoms. The molecule has 3 aromatic rings. The Bertz CT molecular complexity index is 952. The van der Waals surface area contributed by atoms with Gasteiger partial charge in [0, 0.05) is 32.7 Å². The van der Waals surface area contributed by atoms with Crippen molar-refractivity contribution in [1.82, 2.24) is 19.5 Å². The van der Waals surface area contributed by atoms with Crippen LogP contribution in [0.25, 0.3) is 5.52 Å². The molecule has 1 aromatic carbocycles. The van der Waals surface area contributed by atoms with Gasteiger partial charge in [-0.25, -0.2) is 18.3 Å².